The molecule has 2 aromatic rings. The number of hydrogen-bond acceptors (Lipinski definition) is 5. The predicted octanol–water partition coefficient (Wildman–Crippen LogP) is 5.09. The fourth-order valence-corrected chi connectivity index (χ4v) is 4.45. The third-order valence-electron chi connectivity index (χ3n) is 6.68. The topological polar surface area (TPSA) is 82.4 Å². The van der Waals surface area contributed by atoms with Gasteiger partial charge in [0.15, 0.2) is 0 Å². The average molecular weight is 554 g/mol. The van der Waals surface area contributed by atoms with E-state index in [4.69, 9.17) is 21.1 Å². The SMILES string of the molecule is COC(=O)[C@H]1CC[C@H](CNC(=O)c2c(C#CC(C)(C)OC)nc(Cl)n2Cc2ccc(C(F)(F)F)cc2)CC1. The van der Waals surface area contributed by atoms with Crippen LogP contribution in [0.5, 0.6) is 0 Å². The number of carbonyl (C=O) groups is 2. The number of methoxy groups -OCH3 is 2. The van der Waals surface area contributed by atoms with E-state index < -0.39 is 23.2 Å². The molecule has 1 aromatic carbocycles. The van der Waals surface area contributed by atoms with E-state index in [0.29, 0.717) is 24.9 Å². The molecule has 1 fully saturated rings. The van der Waals surface area contributed by atoms with Crippen molar-refractivity contribution in [1.82, 2.24) is 14.9 Å². The highest BCUT2D eigenvalue weighted by Crippen LogP contribution is 2.30. The van der Waals surface area contributed by atoms with Gasteiger partial charge >= 0.3 is 12.1 Å². The standard InChI is InChI=1S/C27H31ClF3N3O4/c1-26(2,38-4)14-13-21-22(23(35)32-15-17-5-9-19(10-6-17)24(36)37-3)34(25(28)33-21)16-18-7-11-20(12-8-18)27(29,30)31/h7-8,11-12,17,19H,5-6,9-10,15-16H2,1-4H3,(H,32,35)/t17-,19-. The molecule has 0 aliphatic heterocycles. The van der Waals surface area contributed by atoms with Crippen LogP contribution in [-0.4, -0.2) is 47.8 Å². The Labute approximate surface area is 225 Å². The Morgan fingerprint density at radius 2 is 1.76 bits per heavy atom. The van der Waals surface area contributed by atoms with Gasteiger partial charge in [-0.15, -0.1) is 0 Å². The van der Waals surface area contributed by atoms with Crippen molar-refractivity contribution in [2.45, 2.75) is 57.9 Å². The lowest BCUT2D eigenvalue weighted by Crippen LogP contribution is -2.34. The van der Waals surface area contributed by atoms with Crippen molar-refractivity contribution in [3.8, 4) is 11.8 Å². The van der Waals surface area contributed by atoms with Gasteiger partial charge in [0.25, 0.3) is 5.91 Å². The Balaban J connectivity index is 1.84. The Morgan fingerprint density at radius 3 is 2.32 bits per heavy atom. The summed E-state index contributed by atoms with van der Waals surface area (Å²) in [6.07, 6.45) is -1.55. The number of carbonyl (C=O) groups excluding carboxylic acids is 2. The van der Waals surface area contributed by atoms with Gasteiger partial charge in [0, 0.05) is 13.7 Å². The molecule has 0 radical (unpaired) electrons. The molecule has 1 saturated carbocycles. The highest BCUT2D eigenvalue weighted by molar-refractivity contribution is 6.29. The molecule has 0 atom stereocenters. The number of amides is 1. The number of imidazole rings is 1. The predicted molar refractivity (Wildman–Crippen MR) is 136 cm³/mol. The minimum Gasteiger partial charge on any atom is -0.469 e. The van der Waals surface area contributed by atoms with E-state index in [2.05, 4.69) is 22.1 Å². The van der Waals surface area contributed by atoms with E-state index in [0.717, 1.165) is 25.0 Å². The van der Waals surface area contributed by atoms with Crippen LogP contribution in [0.25, 0.3) is 0 Å². The second-order valence-corrected chi connectivity index (χ2v) is 10.1. The van der Waals surface area contributed by atoms with Crippen LogP contribution >= 0.6 is 11.6 Å². The number of alkyl halides is 3. The fourth-order valence-electron chi connectivity index (χ4n) is 4.22. The molecule has 38 heavy (non-hydrogen) atoms. The highest BCUT2D eigenvalue weighted by atomic mass is 35.5. The van der Waals surface area contributed by atoms with Gasteiger partial charge in [0.2, 0.25) is 5.28 Å². The van der Waals surface area contributed by atoms with Crippen LogP contribution in [0.3, 0.4) is 0 Å². The van der Waals surface area contributed by atoms with Crippen LogP contribution in [-0.2, 0) is 27.0 Å². The van der Waals surface area contributed by atoms with E-state index in [1.165, 1.54) is 30.9 Å². The summed E-state index contributed by atoms with van der Waals surface area (Å²) in [5, 5.41) is 2.90. The molecule has 0 saturated heterocycles. The monoisotopic (exact) mass is 553 g/mol. The molecule has 0 unspecified atom stereocenters. The number of aromatic nitrogens is 2. The molecule has 1 aliphatic carbocycles. The lowest BCUT2D eigenvalue weighted by Gasteiger charge is -2.27. The van der Waals surface area contributed by atoms with Crippen molar-refractivity contribution in [2.75, 3.05) is 20.8 Å². The molecule has 1 aromatic heterocycles. The van der Waals surface area contributed by atoms with Gasteiger partial charge in [-0.05, 0) is 80.7 Å². The van der Waals surface area contributed by atoms with Crippen molar-refractivity contribution >= 4 is 23.5 Å². The first-order valence-corrected chi connectivity index (χ1v) is 12.6. The highest BCUT2D eigenvalue weighted by Gasteiger charge is 2.31. The molecule has 0 bridgehead atoms. The maximum Gasteiger partial charge on any atom is 0.416 e. The number of hydrogen-bond donors (Lipinski definition) is 1. The molecular formula is C27H31ClF3N3O4. The number of ether oxygens (including phenoxy) is 2. The zero-order valence-corrected chi connectivity index (χ0v) is 22.5. The third kappa shape index (κ3) is 7.51. The van der Waals surface area contributed by atoms with Crippen LogP contribution < -0.4 is 5.32 Å². The number of nitrogens with one attached hydrogen (secondary N) is 1. The van der Waals surface area contributed by atoms with Gasteiger partial charge in [-0.2, -0.15) is 13.2 Å². The zero-order chi connectivity index (χ0) is 28.1. The van der Waals surface area contributed by atoms with E-state index in [9.17, 15) is 22.8 Å². The third-order valence-corrected chi connectivity index (χ3v) is 6.97. The fraction of sp³-hybridized carbons (Fsp3) is 0.519. The zero-order valence-electron chi connectivity index (χ0n) is 21.7. The van der Waals surface area contributed by atoms with Crippen LogP contribution in [0.1, 0.15) is 66.8 Å². The summed E-state index contributed by atoms with van der Waals surface area (Å²) in [6.45, 7) is 3.91. The molecule has 1 N–H and O–H groups in total. The number of rotatable bonds is 7. The Bertz CT molecular complexity index is 1210. The summed E-state index contributed by atoms with van der Waals surface area (Å²) in [6, 6.07) is 4.62. The Hall–Kier alpha value is -3.03. The normalized spacial score (nSPS) is 17.9. The van der Waals surface area contributed by atoms with Crippen LogP contribution in [0.15, 0.2) is 24.3 Å². The maximum atomic E-state index is 13.4. The average Bonchev–Trinajstić information content (AvgIpc) is 3.20. The largest absolute Gasteiger partial charge is 0.469 e. The van der Waals surface area contributed by atoms with E-state index >= 15 is 0 Å². The van der Waals surface area contributed by atoms with Gasteiger partial charge in [-0.3, -0.25) is 9.59 Å². The molecule has 11 heteroatoms. The molecule has 1 heterocycles. The Morgan fingerprint density at radius 1 is 1.13 bits per heavy atom. The number of esters is 1. The van der Waals surface area contributed by atoms with Crippen LogP contribution in [0, 0.1) is 23.7 Å². The first-order valence-electron chi connectivity index (χ1n) is 12.2. The first-order chi connectivity index (χ1) is 17.8. The van der Waals surface area contributed by atoms with E-state index in [1.807, 2.05) is 0 Å². The maximum absolute atomic E-state index is 13.4. The number of halogens is 4. The molecule has 0 spiro atoms. The van der Waals surface area contributed by atoms with Gasteiger partial charge in [-0.1, -0.05) is 18.1 Å². The molecule has 7 nitrogen and oxygen atoms in total. The van der Waals surface area contributed by atoms with Gasteiger partial charge in [0.1, 0.15) is 17.0 Å². The second-order valence-electron chi connectivity index (χ2n) is 9.77. The quantitative estimate of drug-likeness (QED) is 0.381. The van der Waals surface area contributed by atoms with Crippen molar-refractivity contribution in [3.63, 3.8) is 0 Å². The van der Waals surface area contributed by atoms with Crippen molar-refractivity contribution in [1.29, 1.82) is 0 Å². The van der Waals surface area contributed by atoms with Gasteiger partial charge in [0.05, 0.1) is 25.1 Å². The molecule has 1 amide bonds. The Kier molecular flexibility index (Phi) is 9.49. The lowest BCUT2D eigenvalue weighted by atomic mass is 9.82. The first kappa shape index (κ1) is 29.5. The molecule has 1 aliphatic rings. The summed E-state index contributed by atoms with van der Waals surface area (Å²) in [4.78, 5) is 29.4. The summed E-state index contributed by atoms with van der Waals surface area (Å²) >= 11 is 6.39. The van der Waals surface area contributed by atoms with Crippen LogP contribution in [0.2, 0.25) is 5.28 Å². The van der Waals surface area contributed by atoms with E-state index in [1.54, 1.807) is 13.8 Å². The van der Waals surface area contributed by atoms with Crippen LogP contribution in [0.4, 0.5) is 13.2 Å². The molecular weight excluding hydrogens is 523 g/mol. The van der Waals surface area contributed by atoms with Crippen molar-refractivity contribution in [3.05, 3.63) is 52.1 Å². The van der Waals surface area contributed by atoms with Crippen molar-refractivity contribution < 1.29 is 32.2 Å². The lowest BCUT2D eigenvalue weighted by molar-refractivity contribution is -0.146. The minimum absolute atomic E-state index is 0.0202. The summed E-state index contributed by atoms with van der Waals surface area (Å²) in [5.74, 6) is 5.19. The summed E-state index contributed by atoms with van der Waals surface area (Å²) in [7, 11) is 2.88. The summed E-state index contributed by atoms with van der Waals surface area (Å²) < 4.78 is 50.5. The van der Waals surface area contributed by atoms with Gasteiger partial charge in [-0.25, -0.2) is 4.98 Å². The van der Waals surface area contributed by atoms with E-state index in [-0.39, 0.29) is 41.0 Å². The van der Waals surface area contributed by atoms with Crippen molar-refractivity contribution in [2.24, 2.45) is 11.8 Å². The summed E-state index contributed by atoms with van der Waals surface area (Å²) in [5.41, 5.74) is -0.831. The molecule has 206 valence electrons. The number of nitrogens with zero attached hydrogens (tertiary/aromatic N) is 2. The molecule has 3 rings (SSSR count). The number of benzene rings is 1. The second kappa shape index (κ2) is 12.2. The minimum atomic E-state index is -4.46. The van der Waals surface area contributed by atoms with Gasteiger partial charge < -0.3 is 19.4 Å². The smallest absolute Gasteiger partial charge is 0.416 e.